The van der Waals surface area contributed by atoms with E-state index in [4.69, 9.17) is 4.74 Å². The Morgan fingerprint density at radius 2 is 2.21 bits per heavy atom. The number of hydrogen-bond acceptors (Lipinski definition) is 3. The van der Waals surface area contributed by atoms with Crippen molar-refractivity contribution < 1.29 is 9.53 Å². The van der Waals surface area contributed by atoms with Gasteiger partial charge in [0.2, 0.25) is 5.91 Å². The van der Waals surface area contributed by atoms with Crippen LogP contribution in [0.3, 0.4) is 0 Å². The van der Waals surface area contributed by atoms with Crippen LogP contribution in [0.25, 0.3) is 0 Å². The average molecular weight is 268 g/mol. The third-order valence-corrected chi connectivity index (χ3v) is 4.40. The minimum atomic E-state index is -0.105. The molecular formula is C15H28N2O2. The van der Waals surface area contributed by atoms with Crippen LogP contribution in [0, 0.1) is 5.92 Å². The van der Waals surface area contributed by atoms with Crippen LogP contribution in [-0.2, 0) is 9.53 Å². The van der Waals surface area contributed by atoms with E-state index in [9.17, 15) is 4.79 Å². The van der Waals surface area contributed by atoms with Crippen molar-refractivity contribution in [3.8, 4) is 0 Å². The van der Waals surface area contributed by atoms with Crippen molar-refractivity contribution in [2.75, 3.05) is 13.2 Å². The van der Waals surface area contributed by atoms with E-state index in [1.807, 2.05) is 0 Å². The van der Waals surface area contributed by atoms with Crippen LogP contribution in [0.1, 0.15) is 52.9 Å². The van der Waals surface area contributed by atoms with Crippen molar-refractivity contribution in [2.45, 2.75) is 70.6 Å². The summed E-state index contributed by atoms with van der Waals surface area (Å²) >= 11 is 0. The summed E-state index contributed by atoms with van der Waals surface area (Å²) in [6.45, 7) is 8.22. The van der Waals surface area contributed by atoms with Gasteiger partial charge in [0, 0.05) is 25.1 Å². The van der Waals surface area contributed by atoms with Crippen LogP contribution in [-0.4, -0.2) is 36.7 Å². The molecule has 2 N–H and O–H groups in total. The zero-order valence-corrected chi connectivity index (χ0v) is 12.5. The molecule has 2 rings (SSSR count). The summed E-state index contributed by atoms with van der Waals surface area (Å²) in [5, 5.41) is 6.65. The number of rotatable bonds is 3. The summed E-state index contributed by atoms with van der Waals surface area (Å²) in [6, 6.07) is 0.622. The molecule has 2 saturated heterocycles. The second-order valence-corrected chi connectivity index (χ2v) is 6.75. The molecule has 2 aliphatic rings. The summed E-state index contributed by atoms with van der Waals surface area (Å²) in [4.78, 5) is 12.1. The first-order chi connectivity index (χ1) is 8.96. The van der Waals surface area contributed by atoms with Gasteiger partial charge in [0.15, 0.2) is 0 Å². The van der Waals surface area contributed by atoms with Gasteiger partial charge < -0.3 is 15.4 Å². The Kier molecular flexibility index (Phi) is 4.85. The van der Waals surface area contributed by atoms with Gasteiger partial charge in [0.25, 0.3) is 0 Å². The Balaban J connectivity index is 1.77. The number of carbonyl (C=O) groups excluding carboxylic acids is 1. The van der Waals surface area contributed by atoms with Gasteiger partial charge in [-0.1, -0.05) is 6.92 Å². The molecule has 0 spiro atoms. The van der Waals surface area contributed by atoms with Crippen molar-refractivity contribution in [1.82, 2.24) is 10.6 Å². The van der Waals surface area contributed by atoms with E-state index in [1.54, 1.807) is 0 Å². The minimum Gasteiger partial charge on any atom is -0.375 e. The third kappa shape index (κ3) is 4.46. The van der Waals surface area contributed by atoms with Crippen LogP contribution in [0.5, 0.6) is 0 Å². The maximum Gasteiger partial charge on any atom is 0.221 e. The molecule has 2 heterocycles. The first-order valence-electron chi connectivity index (χ1n) is 7.63. The molecule has 4 nitrogen and oxygen atoms in total. The fraction of sp³-hybridized carbons (Fsp3) is 0.933. The van der Waals surface area contributed by atoms with Gasteiger partial charge in [0.1, 0.15) is 0 Å². The molecule has 19 heavy (non-hydrogen) atoms. The minimum absolute atomic E-state index is 0.105. The van der Waals surface area contributed by atoms with Crippen molar-refractivity contribution in [3.63, 3.8) is 0 Å². The van der Waals surface area contributed by atoms with Crippen molar-refractivity contribution in [3.05, 3.63) is 0 Å². The fourth-order valence-corrected chi connectivity index (χ4v) is 3.23. The Bertz CT molecular complexity index is 317. The molecule has 0 bridgehead atoms. The average Bonchev–Trinajstić information content (AvgIpc) is 2.30. The quantitative estimate of drug-likeness (QED) is 0.821. The Hall–Kier alpha value is -0.610. The number of carbonyl (C=O) groups is 1. The molecule has 0 aromatic heterocycles. The summed E-state index contributed by atoms with van der Waals surface area (Å²) in [5.41, 5.74) is -0.105. The largest absolute Gasteiger partial charge is 0.375 e. The highest BCUT2D eigenvalue weighted by Crippen LogP contribution is 2.24. The standard InChI is InChI=1S/C15H28N2O2/c1-11-5-4-7-16-13(11)9-14(18)17-12-6-8-19-15(2,3)10-12/h11-13,16H,4-10H2,1-3H3,(H,17,18). The highest BCUT2D eigenvalue weighted by atomic mass is 16.5. The molecular weight excluding hydrogens is 240 g/mol. The SMILES string of the molecule is CC1CCCNC1CC(=O)NC1CCOC(C)(C)C1. The van der Waals surface area contributed by atoms with Crippen LogP contribution in [0.2, 0.25) is 0 Å². The molecule has 4 heteroatoms. The van der Waals surface area contributed by atoms with Gasteiger partial charge >= 0.3 is 0 Å². The summed E-state index contributed by atoms with van der Waals surface area (Å²) < 4.78 is 5.68. The van der Waals surface area contributed by atoms with Gasteiger partial charge in [-0.05, 0) is 52.0 Å². The lowest BCUT2D eigenvalue weighted by molar-refractivity contribution is -0.125. The van der Waals surface area contributed by atoms with Crippen molar-refractivity contribution in [1.29, 1.82) is 0 Å². The first kappa shape index (κ1) is 14.8. The number of hydrogen-bond donors (Lipinski definition) is 2. The van der Waals surface area contributed by atoms with E-state index >= 15 is 0 Å². The lowest BCUT2D eigenvalue weighted by Gasteiger charge is -2.36. The monoisotopic (exact) mass is 268 g/mol. The van der Waals surface area contributed by atoms with E-state index in [-0.39, 0.29) is 17.6 Å². The van der Waals surface area contributed by atoms with Crippen LogP contribution in [0.4, 0.5) is 0 Å². The van der Waals surface area contributed by atoms with Gasteiger partial charge in [-0.3, -0.25) is 4.79 Å². The number of nitrogens with one attached hydrogen (secondary N) is 2. The highest BCUT2D eigenvalue weighted by Gasteiger charge is 2.30. The van der Waals surface area contributed by atoms with Crippen LogP contribution < -0.4 is 10.6 Å². The maximum absolute atomic E-state index is 12.1. The molecule has 0 aliphatic carbocycles. The van der Waals surface area contributed by atoms with E-state index in [0.29, 0.717) is 18.4 Å². The first-order valence-corrected chi connectivity index (χ1v) is 7.63. The Morgan fingerprint density at radius 1 is 1.42 bits per heavy atom. The topological polar surface area (TPSA) is 50.4 Å². The lowest BCUT2D eigenvalue weighted by Crippen LogP contribution is -2.48. The normalized spacial score (nSPS) is 34.8. The predicted octanol–water partition coefficient (Wildman–Crippen LogP) is 1.84. The molecule has 3 unspecified atom stereocenters. The third-order valence-electron chi connectivity index (χ3n) is 4.40. The molecule has 0 aromatic rings. The highest BCUT2D eigenvalue weighted by molar-refractivity contribution is 5.77. The lowest BCUT2D eigenvalue weighted by atomic mass is 9.90. The second-order valence-electron chi connectivity index (χ2n) is 6.75. The molecule has 110 valence electrons. The number of amides is 1. The van der Waals surface area contributed by atoms with Gasteiger partial charge in [0.05, 0.1) is 5.60 Å². The molecule has 1 amide bonds. The molecule has 0 aromatic carbocycles. The van der Waals surface area contributed by atoms with Gasteiger partial charge in [-0.15, -0.1) is 0 Å². The van der Waals surface area contributed by atoms with Crippen LogP contribution in [0.15, 0.2) is 0 Å². The fourth-order valence-electron chi connectivity index (χ4n) is 3.23. The molecule has 0 saturated carbocycles. The van der Waals surface area contributed by atoms with Crippen LogP contribution >= 0.6 is 0 Å². The van der Waals surface area contributed by atoms with E-state index in [1.165, 1.54) is 12.8 Å². The summed E-state index contributed by atoms with van der Waals surface area (Å²) in [5.74, 6) is 0.791. The summed E-state index contributed by atoms with van der Waals surface area (Å²) in [6.07, 6.45) is 4.91. The van der Waals surface area contributed by atoms with Crippen molar-refractivity contribution in [2.24, 2.45) is 5.92 Å². The maximum atomic E-state index is 12.1. The second kappa shape index (κ2) is 6.23. The number of piperidine rings is 1. The van der Waals surface area contributed by atoms with E-state index in [2.05, 4.69) is 31.4 Å². The van der Waals surface area contributed by atoms with Gasteiger partial charge in [-0.25, -0.2) is 0 Å². The summed E-state index contributed by atoms with van der Waals surface area (Å²) in [7, 11) is 0. The Labute approximate surface area is 116 Å². The zero-order valence-electron chi connectivity index (χ0n) is 12.5. The predicted molar refractivity (Wildman–Crippen MR) is 76.0 cm³/mol. The van der Waals surface area contributed by atoms with E-state index < -0.39 is 0 Å². The van der Waals surface area contributed by atoms with E-state index in [0.717, 1.165) is 26.0 Å². The molecule has 0 radical (unpaired) electrons. The number of ether oxygens (including phenoxy) is 1. The molecule has 2 aliphatic heterocycles. The molecule has 2 fully saturated rings. The smallest absolute Gasteiger partial charge is 0.221 e. The zero-order chi connectivity index (χ0) is 13.9. The van der Waals surface area contributed by atoms with Crippen molar-refractivity contribution >= 4 is 5.91 Å². The molecule has 3 atom stereocenters. The van der Waals surface area contributed by atoms with Gasteiger partial charge in [-0.2, -0.15) is 0 Å². The Morgan fingerprint density at radius 3 is 2.89 bits per heavy atom.